The van der Waals surface area contributed by atoms with Crippen LogP contribution >= 0.6 is 11.6 Å². The number of nitrogens with zero attached hydrogens (tertiary/aromatic N) is 1. The van der Waals surface area contributed by atoms with Gasteiger partial charge in [0.1, 0.15) is 11.3 Å². The third-order valence-corrected chi connectivity index (χ3v) is 2.85. The molecular weight excluding hydrogens is 322 g/mol. The number of nitrogens with two attached hydrogens (primary N) is 1. The summed E-state index contributed by atoms with van der Waals surface area (Å²) in [7, 11) is 0. The first-order valence-corrected chi connectivity index (χ1v) is 7.35. The number of carbonyl (C=O) groups excluding carboxylic acids is 1. The van der Waals surface area contributed by atoms with Gasteiger partial charge in [0.05, 0.1) is 4.92 Å². The minimum atomic E-state index is -0.581. The van der Waals surface area contributed by atoms with Gasteiger partial charge in [0.25, 0.3) is 5.69 Å². The SMILES string of the molecule is CC(C)(C)OC(=O)NCCC=Cc1cc(Cl)cc([N+](=O)[O-])c1N. The Labute approximate surface area is 139 Å². The number of halogens is 1. The molecule has 1 rings (SSSR count). The van der Waals surface area contributed by atoms with Crippen molar-refractivity contribution in [2.45, 2.75) is 32.8 Å². The van der Waals surface area contributed by atoms with Crippen molar-refractivity contribution in [2.75, 3.05) is 12.3 Å². The van der Waals surface area contributed by atoms with Gasteiger partial charge in [-0.3, -0.25) is 10.1 Å². The molecule has 1 aromatic carbocycles. The van der Waals surface area contributed by atoms with Crippen molar-refractivity contribution in [3.63, 3.8) is 0 Å². The standard InChI is InChI=1S/C15H20ClN3O4/c1-15(2,3)23-14(20)18-7-5-4-6-10-8-11(16)9-12(13(10)17)19(21)22/h4,6,8-9H,5,7,17H2,1-3H3,(H,18,20). The van der Waals surface area contributed by atoms with Crippen LogP contribution in [0.15, 0.2) is 18.2 Å². The molecule has 0 aliphatic carbocycles. The van der Waals surface area contributed by atoms with Crippen LogP contribution in [-0.4, -0.2) is 23.2 Å². The minimum Gasteiger partial charge on any atom is -0.444 e. The second-order valence-corrected chi connectivity index (χ2v) is 6.24. The summed E-state index contributed by atoms with van der Waals surface area (Å²) < 4.78 is 5.09. The van der Waals surface area contributed by atoms with Gasteiger partial charge < -0.3 is 15.8 Å². The van der Waals surface area contributed by atoms with Crippen molar-refractivity contribution < 1.29 is 14.5 Å². The van der Waals surface area contributed by atoms with Crippen molar-refractivity contribution in [1.82, 2.24) is 5.32 Å². The molecule has 8 heteroatoms. The Kier molecular flexibility index (Phi) is 6.38. The largest absolute Gasteiger partial charge is 0.444 e. The lowest BCUT2D eigenvalue weighted by Gasteiger charge is -2.19. The van der Waals surface area contributed by atoms with Crippen molar-refractivity contribution in [3.05, 3.63) is 38.9 Å². The zero-order valence-electron chi connectivity index (χ0n) is 13.3. The molecule has 0 fully saturated rings. The molecule has 0 heterocycles. The Morgan fingerprint density at radius 1 is 1.48 bits per heavy atom. The van der Waals surface area contributed by atoms with Crippen molar-refractivity contribution >= 4 is 35.1 Å². The summed E-state index contributed by atoms with van der Waals surface area (Å²) in [5, 5.41) is 13.7. The molecule has 7 nitrogen and oxygen atoms in total. The monoisotopic (exact) mass is 341 g/mol. The maximum Gasteiger partial charge on any atom is 0.407 e. The number of nitrogen functional groups attached to an aromatic ring is 1. The predicted octanol–water partition coefficient (Wildman–Crippen LogP) is 3.76. The van der Waals surface area contributed by atoms with Gasteiger partial charge in [0.2, 0.25) is 0 Å². The normalized spacial score (nSPS) is 11.5. The lowest BCUT2D eigenvalue weighted by molar-refractivity contribution is -0.383. The van der Waals surface area contributed by atoms with Crippen LogP contribution in [0.3, 0.4) is 0 Å². The number of alkyl carbamates (subject to hydrolysis) is 1. The van der Waals surface area contributed by atoms with Crippen LogP contribution in [0.25, 0.3) is 6.08 Å². The first-order chi connectivity index (χ1) is 10.6. The van der Waals surface area contributed by atoms with E-state index in [0.717, 1.165) is 0 Å². The smallest absolute Gasteiger partial charge is 0.407 e. The van der Waals surface area contributed by atoms with Crippen molar-refractivity contribution in [1.29, 1.82) is 0 Å². The molecule has 126 valence electrons. The van der Waals surface area contributed by atoms with E-state index >= 15 is 0 Å². The van der Waals surface area contributed by atoms with E-state index in [0.29, 0.717) is 18.5 Å². The predicted molar refractivity (Wildman–Crippen MR) is 90.4 cm³/mol. The number of amides is 1. The number of benzene rings is 1. The molecule has 0 aliphatic rings. The molecule has 0 unspecified atom stereocenters. The van der Waals surface area contributed by atoms with Gasteiger partial charge in [-0.1, -0.05) is 23.8 Å². The van der Waals surface area contributed by atoms with Crippen molar-refractivity contribution in [3.8, 4) is 0 Å². The van der Waals surface area contributed by atoms with E-state index in [1.807, 2.05) is 0 Å². The zero-order valence-corrected chi connectivity index (χ0v) is 14.0. The molecule has 23 heavy (non-hydrogen) atoms. The summed E-state index contributed by atoms with van der Waals surface area (Å²) in [5.41, 5.74) is 5.48. The fraction of sp³-hybridized carbons (Fsp3) is 0.400. The van der Waals surface area contributed by atoms with Crippen LogP contribution in [0.2, 0.25) is 5.02 Å². The minimum absolute atomic E-state index is 0.0516. The molecule has 0 radical (unpaired) electrons. The van der Waals surface area contributed by atoms with E-state index in [-0.39, 0.29) is 16.4 Å². The van der Waals surface area contributed by atoms with Crippen LogP contribution in [-0.2, 0) is 4.74 Å². The average molecular weight is 342 g/mol. The first-order valence-electron chi connectivity index (χ1n) is 6.97. The second kappa shape index (κ2) is 7.82. The second-order valence-electron chi connectivity index (χ2n) is 5.80. The number of hydrogen-bond donors (Lipinski definition) is 2. The van der Waals surface area contributed by atoms with E-state index in [1.165, 1.54) is 6.07 Å². The number of nitrogens with one attached hydrogen (secondary N) is 1. The quantitative estimate of drug-likeness (QED) is 0.367. The molecular formula is C15H20ClN3O4. The molecule has 0 bridgehead atoms. The van der Waals surface area contributed by atoms with E-state index in [9.17, 15) is 14.9 Å². The average Bonchev–Trinajstić information content (AvgIpc) is 2.39. The Hall–Kier alpha value is -2.28. The van der Waals surface area contributed by atoms with E-state index in [1.54, 1.807) is 39.0 Å². The lowest BCUT2D eigenvalue weighted by Crippen LogP contribution is -2.32. The van der Waals surface area contributed by atoms with Crippen LogP contribution < -0.4 is 11.1 Å². The van der Waals surface area contributed by atoms with Crippen LogP contribution in [0.1, 0.15) is 32.8 Å². The summed E-state index contributed by atoms with van der Waals surface area (Å²) in [6, 6.07) is 2.75. The number of nitro benzene ring substituents is 1. The maximum absolute atomic E-state index is 11.4. The first kappa shape index (κ1) is 18.8. The number of hydrogen-bond acceptors (Lipinski definition) is 5. The zero-order chi connectivity index (χ0) is 17.6. The summed E-state index contributed by atoms with van der Waals surface area (Å²) in [6.07, 6.45) is 3.39. The number of nitro groups is 1. The number of anilines is 1. The Balaban J connectivity index is 2.59. The molecule has 0 saturated heterocycles. The van der Waals surface area contributed by atoms with Gasteiger partial charge in [-0.05, 0) is 33.3 Å². The molecule has 3 N–H and O–H groups in total. The van der Waals surface area contributed by atoms with Gasteiger partial charge in [-0.25, -0.2) is 4.79 Å². The number of rotatable bonds is 5. The fourth-order valence-electron chi connectivity index (χ4n) is 1.70. The van der Waals surface area contributed by atoms with Crippen molar-refractivity contribution in [2.24, 2.45) is 0 Å². The highest BCUT2D eigenvalue weighted by Gasteiger charge is 2.16. The van der Waals surface area contributed by atoms with Gasteiger partial charge in [-0.2, -0.15) is 0 Å². The van der Waals surface area contributed by atoms with E-state index in [2.05, 4.69) is 5.32 Å². The highest BCUT2D eigenvalue weighted by Crippen LogP contribution is 2.30. The van der Waals surface area contributed by atoms with E-state index < -0.39 is 16.6 Å². The maximum atomic E-state index is 11.4. The fourth-order valence-corrected chi connectivity index (χ4v) is 1.92. The topological polar surface area (TPSA) is 107 Å². The van der Waals surface area contributed by atoms with Crippen LogP contribution in [0.4, 0.5) is 16.2 Å². The van der Waals surface area contributed by atoms with E-state index in [4.69, 9.17) is 22.1 Å². The summed E-state index contributed by atoms with van der Waals surface area (Å²) in [6.45, 7) is 5.71. The summed E-state index contributed by atoms with van der Waals surface area (Å²) >= 11 is 5.84. The van der Waals surface area contributed by atoms with Crippen LogP contribution in [0, 0.1) is 10.1 Å². The number of carbonyl (C=O) groups is 1. The number of ether oxygens (including phenoxy) is 1. The molecule has 0 aromatic heterocycles. The van der Waals surface area contributed by atoms with Gasteiger partial charge in [0, 0.05) is 23.2 Å². The van der Waals surface area contributed by atoms with Gasteiger partial charge in [-0.15, -0.1) is 0 Å². The molecule has 1 aromatic rings. The lowest BCUT2D eigenvalue weighted by atomic mass is 10.1. The molecule has 0 saturated carbocycles. The summed E-state index contributed by atoms with van der Waals surface area (Å²) in [5.74, 6) is 0. The Bertz CT molecular complexity index is 624. The third-order valence-electron chi connectivity index (χ3n) is 2.63. The highest BCUT2D eigenvalue weighted by molar-refractivity contribution is 6.31. The van der Waals surface area contributed by atoms with Gasteiger partial charge >= 0.3 is 6.09 Å². The van der Waals surface area contributed by atoms with Crippen LogP contribution in [0.5, 0.6) is 0 Å². The molecule has 0 atom stereocenters. The van der Waals surface area contributed by atoms with Gasteiger partial charge in [0.15, 0.2) is 0 Å². The highest BCUT2D eigenvalue weighted by atomic mass is 35.5. The molecule has 0 aliphatic heterocycles. The third kappa shape index (κ3) is 6.56. The summed E-state index contributed by atoms with van der Waals surface area (Å²) in [4.78, 5) is 21.7. The molecule has 1 amide bonds. The molecule has 0 spiro atoms. The Morgan fingerprint density at radius 3 is 2.70 bits per heavy atom. The Morgan fingerprint density at radius 2 is 2.13 bits per heavy atom.